The zero-order chi connectivity index (χ0) is 17.6. The van der Waals surface area contributed by atoms with E-state index in [2.05, 4.69) is 20.6 Å². The summed E-state index contributed by atoms with van der Waals surface area (Å²) < 4.78 is 31.6. The van der Waals surface area contributed by atoms with Crippen LogP contribution >= 0.6 is 0 Å². The Balaban J connectivity index is 1.60. The number of carbonyl (C=O) groups is 1. The Labute approximate surface area is 141 Å². The number of nitrogens with one attached hydrogen (secondary N) is 2. The van der Waals surface area contributed by atoms with E-state index in [0.717, 1.165) is 12.1 Å². The molecule has 3 aromatic rings. The van der Waals surface area contributed by atoms with E-state index in [1.165, 1.54) is 12.4 Å². The van der Waals surface area contributed by atoms with Crippen LogP contribution in [0.25, 0.3) is 0 Å². The van der Waals surface area contributed by atoms with Gasteiger partial charge in [-0.3, -0.25) is 0 Å². The van der Waals surface area contributed by atoms with Crippen LogP contribution in [0.5, 0.6) is 11.8 Å². The Morgan fingerprint density at radius 1 is 0.880 bits per heavy atom. The fourth-order valence-electron chi connectivity index (χ4n) is 1.95. The Hall–Kier alpha value is -3.55. The molecular weight excluding hydrogens is 330 g/mol. The summed E-state index contributed by atoms with van der Waals surface area (Å²) in [4.78, 5) is 19.8. The molecule has 6 nitrogen and oxygen atoms in total. The van der Waals surface area contributed by atoms with E-state index in [0.29, 0.717) is 11.8 Å². The molecule has 0 aliphatic carbocycles. The van der Waals surface area contributed by atoms with E-state index >= 15 is 0 Å². The van der Waals surface area contributed by atoms with Crippen LogP contribution in [-0.4, -0.2) is 16.0 Å². The minimum Gasteiger partial charge on any atom is -0.424 e. The van der Waals surface area contributed by atoms with Gasteiger partial charge in [0.2, 0.25) is 0 Å². The van der Waals surface area contributed by atoms with E-state index in [1.807, 2.05) is 18.2 Å². The van der Waals surface area contributed by atoms with Gasteiger partial charge in [0.05, 0.1) is 18.1 Å². The summed E-state index contributed by atoms with van der Waals surface area (Å²) in [7, 11) is 0. The molecule has 0 atom stereocenters. The van der Waals surface area contributed by atoms with Crippen LogP contribution in [0, 0.1) is 11.6 Å². The number of amides is 2. The van der Waals surface area contributed by atoms with Crippen molar-refractivity contribution in [1.82, 2.24) is 9.97 Å². The van der Waals surface area contributed by atoms with Crippen LogP contribution in [0.1, 0.15) is 0 Å². The van der Waals surface area contributed by atoms with Crippen LogP contribution in [0.3, 0.4) is 0 Å². The van der Waals surface area contributed by atoms with E-state index in [9.17, 15) is 13.6 Å². The molecule has 2 amide bonds. The van der Waals surface area contributed by atoms with Gasteiger partial charge in [-0.25, -0.2) is 23.5 Å². The molecule has 0 radical (unpaired) electrons. The lowest BCUT2D eigenvalue weighted by molar-refractivity contribution is 0.262. The van der Waals surface area contributed by atoms with Gasteiger partial charge in [0.1, 0.15) is 17.4 Å². The summed E-state index contributed by atoms with van der Waals surface area (Å²) in [6.07, 6.45) is 2.69. The lowest BCUT2D eigenvalue weighted by Gasteiger charge is -2.08. The third-order valence-corrected chi connectivity index (χ3v) is 2.96. The molecule has 1 heterocycles. The van der Waals surface area contributed by atoms with E-state index in [-0.39, 0.29) is 17.4 Å². The number of para-hydroxylation sites is 1. The Morgan fingerprint density at radius 2 is 1.48 bits per heavy atom. The highest BCUT2D eigenvalue weighted by atomic mass is 19.1. The number of carbonyl (C=O) groups excluding carboxylic acids is 1. The Bertz CT molecular complexity index is 853. The molecule has 0 aliphatic heterocycles. The number of rotatable bonds is 4. The zero-order valence-electron chi connectivity index (χ0n) is 12.7. The van der Waals surface area contributed by atoms with Crippen molar-refractivity contribution in [1.29, 1.82) is 0 Å². The summed E-state index contributed by atoms with van der Waals surface area (Å²) in [5, 5.41) is 4.75. The number of hydrogen-bond donors (Lipinski definition) is 2. The van der Waals surface area contributed by atoms with E-state index < -0.39 is 17.7 Å². The van der Waals surface area contributed by atoms with Crippen molar-refractivity contribution in [3.05, 3.63) is 72.6 Å². The summed E-state index contributed by atoms with van der Waals surface area (Å²) >= 11 is 0. The molecule has 0 fully saturated rings. The molecule has 2 N–H and O–H groups in total. The van der Waals surface area contributed by atoms with Crippen molar-refractivity contribution in [2.45, 2.75) is 0 Å². The fourth-order valence-corrected chi connectivity index (χ4v) is 1.95. The second-order valence-corrected chi connectivity index (χ2v) is 4.91. The van der Waals surface area contributed by atoms with Crippen molar-refractivity contribution in [2.75, 3.05) is 10.6 Å². The van der Waals surface area contributed by atoms with Gasteiger partial charge in [-0.05, 0) is 24.3 Å². The number of hydrogen-bond acceptors (Lipinski definition) is 4. The van der Waals surface area contributed by atoms with Gasteiger partial charge < -0.3 is 15.4 Å². The molecule has 25 heavy (non-hydrogen) atoms. The second-order valence-electron chi connectivity index (χ2n) is 4.91. The van der Waals surface area contributed by atoms with Gasteiger partial charge in [-0.15, -0.1) is 0 Å². The third-order valence-electron chi connectivity index (χ3n) is 2.96. The number of aromatic nitrogens is 2. The van der Waals surface area contributed by atoms with Crippen molar-refractivity contribution in [3.8, 4) is 11.8 Å². The highest BCUT2D eigenvalue weighted by Gasteiger charge is 2.07. The quantitative estimate of drug-likeness (QED) is 0.745. The maximum atomic E-state index is 13.1. The van der Waals surface area contributed by atoms with Crippen molar-refractivity contribution >= 4 is 17.4 Å². The first-order valence-electron chi connectivity index (χ1n) is 7.17. The molecule has 1 aromatic heterocycles. The lowest BCUT2D eigenvalue weighted by Crippen LogP contribution is -2.19. The SMILES string of the molecule is O=C(Nc1cnc(Oc2ccccc2)nc1)Nc1cc(F)cc(F)c1. The molecule has 0 saturated heterocycles. The molecule has 2 aromatic carbocycles. The minimum atomic E-state index is -0.791. The molecule has 8 heteroatoms. The smallest absolute Gasteiger partial charge is 0.323 e. The summed E-state index contributed by atoms with van der Waals surface area (Å²) in [5.41, 5.74) is 0.273. The molecule has 126 valence electrons. The molecule has 0 saturated carbocycles. The van der Waals surface area contributed by atoms with Gasteiger partial charge in [0.25, 0.3) is 0 Å². The first-order valence-corrected chi connectivity index (χ1v) is 7.17. The Morgan fingerprint density at radius 3 is 2.12 bits per heavy atom. The summed E-state index contributed by atoms with van der Waals surface area (Å²) in [6, 6.07) is 11.1. The van der Waals surface area contributed by atoms with E-state index in [1.54, 1.807) is 12.1 Å². The summed E-state index contributed by atoms with van der Waals surface area (Å²) in [6.45, 7) is 0. The number of nitrogens with zero attached hydrogens (tertiary/aromatic N) is 2. The topological polar surface area (TPSA) is 76.1 Å². The number of benzene rings is 2. The monoisotopic (exact) mass is 342 g/mol. The average molecular weight is 342 g/mol. The average Bonchev–Trinajstić information content (AvgIpc) is 2.56. The first-order chi connectivity index (χ1) is 12.1. The van der Waals surface area contributed by atoms with Gasteiger partial charge in [0, 0.05) is 11.8 Å². The van der Waals surface area contributed by atoms with Gasteiger partial charge >= 0.3 is 12.0 Å². The largest absolute Gasteiger partial charge is 0.424 e. The highest BCUT2D eigenvalue weighted by Crippen LogP contribution is 2.17. The van der Waals surface area contributed by atoms with E-state index in [4.69, 9.17) is 4.74 Å². The number of anilines is 2. The van der Waals surface area contributed by atoms with Crippen LogP contribution in [-0.2, 0) is 0 Å². The molecular formula is C17H12F2N4O2. The number of ether oxygens (including phenoxy) is 1. The Kier molecular flexibility index (Phi) is 4.79. The predicted octanol–water partition coefficient (Wildman–Crippen LogP) is 4.19. The van der Waals surface area contributed by atoms with Crippen molar-refractivity contribution in [3.63, 3.8) is 0 Å². The molecule has 3 rings (SSSR count). The zero-order valence-corrected chi connectivity index (χ0v) is 12.7. The highest BCUT2D eigenvalue weighted by molar-refractivity contribution is 5.99. The maximum Gasteiger partial charge on any atom is 0.323 e. The van der Waals surface area contributed by atoms with Crippen LogP contribution in [0.4, 0.5) is 25.0 Å². The minimum absolute atomic E-state index is 0.0139. The maximum absolute atomic E-state index is 13.1. The van der Waals surface area contributed by atoms with Gasteiger partial charge in [-0.1, -0.05) is 18.2 Å². The fraction of sp³-hybridized carbons (Fsp3) is 0. The van der Waals surface area contributed by atoms with Crippen LogP contribution in [0.15, 0.2) is 60.9 Å². The molecule has 0 unspecified atom stereocenters. The third kappa shape index (κ3) is 4.71. The lowest BCUT2D eigenvalue weighted by atomic mass is 10.3. The summed E-state index contributed by atoms with van der Waals surface area (Å²) in [5.74, 6) is -1.00. The van der Waals surface area contributed by atoms with Crippen LogP contribution < -0.4 is 15.4 Å². The molecule has 0 spiro atoms. The van der Waals surface area contributed by atoms with Crippen molar-refractivity contribution in [2.24, 2.45) is 0 Å². The number of halogens is 2. The predicted molar refractivity (Wildman–Crippen MR) is 87.5 cm³/mol. The van der Waals surface area contributed by atoms with Crippen LogP contribution in [0.2, 0.25) is 0 Å². The second kappa shape index (κ2) is 7.35. The van der Waals surface area contributed by atoms with Crippen molar-refractivity contribution < 1.29 is 18.3 Å². The van der Waals surface area contributed by atoms with Gasteiger partial charge in [-0.2, -0.15) is 0 Å². The molecule has 0 bridgehead atoms. The van der Waals surface area contributed by atoms with Gasteiger partial charge in [0.15, 0.2) is 0 Å². The first kappa shape index (κ1) is 16.3. The number of urea groups is 1. The normalized spacial score (nSPS) is 10.2. The molecule has 0 aliphatic rings. The standard InChI is InChI=1S/C17H12F2N4O2/c18-11-6-12(19)8-13(7-11)22-16(24)23-14-9-20-17(21-10-14)25-15-4-2-1-3-5-15/h1-10H,(H2,22,23,24).